The molecule has 0 spiro atoms. The molecule has 6 heteroatoms. The fraction of sp³-hybridized carbons (Fsp3) is 0.300. The Labute approximate surface area is 96.3 Å². The molecular weight excluding hydrogens is 234 g/mol. The first-order chi connectivity index (χ1) is 7.58. The second-order valence-electron chi connectivity index (χ2n) is 3.12. The van der Waals surface area contributed by atoms with Gasteiger partial charge in [-0.2, -0.15) is 0 Å². The average Bonchev–Trinajstić information content (AvgIpc) is 2.29. The van der Waals surface area contributed by atoms with Gasteiger partial charge in [-0.1, -0.05) is 12.1 Å². The Morgan fingerprint density at radius 1 is 1.50 bits per heavy atom. The molecular formula is C10H12F2N2OS. The number of halogens is 2. The maximum absolute atomic E-state index is 12.9. The highest BCUT2D eigenvalue weighted by Crippen LogP contribution is 2.26. The molecule has 0 aliphatic heterocycles. The minimum atomic E-state index is -0.903. The fourth-order valence-corrected chi connectivity index (χ4v) is 2.11. The molecule has 0 aromatic heterocycles. The number of nitrogens with zero attached hydrogens (tertiary/aromatic N) is 1. The van der Waals surface area contributed by atoms with Gasteiger partial charge in [-0.3, -0.25) is 0 Å². The summed E-state index contributed by atoms with van der Waals surface area (Å²) in [6, 6.07) is 3.60. The zero-order valence-electron chi connectivity index (χ0n) is 8.65. The molecule has 0 aliphatic carbocycles. The van der Waals surface area contributed by atoms with Crippen molar-refractivity contribution in [2.75, 3.05) is 0 Å². The first-order valence-electron chi connectivity index (χ1n) is 4.67. The van der Waals surface area contributed by atoms with E-state index in [1.54, 1.807) is 0 Å². The molecule has 0 aliphatic rings. The third-order valence-electron chi connectivity index (χ3n) is 1.99. The topological polar surface area (TPSA) is 58.6 Å². The van der Waals surface area contributed by atoms with E-state index in [-0.39, 0.29) is 11.1 Å². The van der Waals surface area contributed by atoms with Crippen molar-refractivity contribution in [1.29, 1.82) is 0 Å². The maximum atomic E-state index is 12.9. The summed E-state index contributed by atoms with van der Waals surface area (Å²) in [5.74, 6) is -1.72. The number of nitrogens with two attached hydrogens (primary N) is 1. The van der Waals surface area contributed by atoms with Crippen LogP contribution in [0.5, 0.6) is 0 Å². The first kappa shape index (κ1) is 12.8. The number of hydrogen-bond acceptors (Lipinski definition) is 3. The molecule has 1 atom stereocenters. The van der Waals surface area contributed by atoms with Gasteiger partial charge in [-0.25, -0.2) is 8.78 Å². The smallest absolute Gasteiger partial charge is 0.159 e. The summed E-state index contributed by atoms with van der Waals surface area (Å²) in [7, 11) is 0. The Bertz CT molecular complexity index is 398. The van der Waals surface area contributed by atoms with Crippen LogP contribution in [0.1, 0.15) is 13.3 Å². The molecule has 16 heavy (non-hydrogen) atoms. The quantitative estimate of drug-likeness (QED) is 0.282. The Morgan fingerprint density at radius 3 is 2.69 bits per heavy atom. The fourth-order valence-electron chi connectivity index (χ4n) is 1.13. The lowest BCUT2D eigenvalue weighted by Crippen LogP contribution is -2.25. The Balaban J connectivity index is 2.82. The zero-order chi connectivity index (χ0) is 12.1. The molecule has 0 bridgehead atoms. The minimum Gasteiger partial charge on any atom is -0.409 e. The predicted octanol–water partition coefficient (Wildman–Crippen LogP) is 2.58. The molecule has 1 unspecified atom stereocenters. The van der Waals surface area contributed by atoms with Gasteiger partial charge in [-0.05, 0) is 24.6 Å². The molecule has 0 fully saturated rings. The van der Waals surface area contributed by atoms with Crippen LogP contribution in [0.4, 0.5) is 8.78 Å². The highest BCUT2D eigenvalue weighted by molar-refractivity contribution is 8.00. The standard InChI is InChI=1S/C10H12F2N2OS/c1-2-9(10(13)14-15)16-6-3-4-7(11)8(12)5-6/h3-5,9,15H,2H2,1H3,(H2,13,14). The van der Waals surface area contributed by atoms with Crippen molar-refractivity contribution in [1.82, 2.24) is 0 Å². The van der Waals surface area contributed by atoms with Gasteiger partial charge in [0, 0.05) is 4.90 Å². The van der Waals surface area contributed by atoms with E-state index < -0.39 is 11.6 Å². The van der Waals surface area contributed by atoms with Crippen molar-refractivity contribution in [2.45, 2.75) is 23.5 Å². The van der Waals surface area contributed by atoms with E-state index in [9.17, 15) is 8.78 Å². The van der Waals surface area contributed by atoms with Crippen LogP contribution in [0.3, 0.4) is 0 Å². The predicted molar refractivity (Wildman–Crippen MR) is 59.7 cm³/mol. The first-order valence-corrected chi connectivity index (χ1v) is 5.55. The van der Waals surface area contributed by atoms with E-state index in [0.29, 0.717) is 11.3 Å². The van der Waals surface area contributed by atoms with E-state index in [1.807, 2.05) is 6.92 Å². The molecule has 0 heterocycles. The summed E-state index contributed by atoms with van der Waals surface area (Å²) in [6.07, 6.45) is 0.625. The van der Waals surface area contributed by atoms with Gasteiger partial charge in [0.25, 0.3) is 0 Å². The molecule has 1 aromatic carbocycles. The van der Waals surface area contributed by atoms with Gasteiger partial charge >= 0.3 is 0 Å². The van der Waals surface area contributed by atoms with Crippen LogP contribution in [-0.4, -0.2) is 16.3 Å². The normalized spacial score (nSPS) is 13.8. The van der Waals surface area contributed by atoms with Crippen LogP contribution < -0.4 is 5.73 Å². The molecule has 0 radical (unpaired) electrons. The largest absolute Gasteiger partial charge is 0.409 e. The lowest BCUT2D eigenvalue weighted by Gasteiger charge is -2.12. The molecule has 3 nitrogen and oxygen atoms in total. The molecule has 0 saturated carbocycles. The second-order valence-corrected chi connectivity index (χ2v) is 4.39. The highest BCUT2D eigenvalue weighted by atomic mass is 32.2. The van der Waals surface area contributed by atoms with E-state index >= 15 is 0 Å². The van der Waals surface area contributed by atoms with Crippen LogP contribution in [0.2, 0.25) is 0 Å². The lowest BCUT2D eigenvalue weighted by molar-refractivity contribution is 0.317. The lowest BCUT2D eigenvalue weighted by atomic mass is 10.3. The molecule has 3 N–H and O–H groups in total. The molecule has 1 aromatic rings. The van der Waals surface area contributed by atoms with E-state index in [2.05, 4.69) is 5.16 Å². The van der Waals surface area contributed by atoms with Gasteiger partial charge in [0.15, 0.2) is 17.5 Å². The summed E-state index contributed by atoms with van der Waals surface area (Å²) in [5.41, 5.74) is 5.45. The SMILES string of the molecule is CCC(Sc1ccc(F)c(F)c1)C(N)=NO. The number of benzene rings is 1. The van der Waals surface area contributed by atoms with E-state index in [0.717, 1.165) is 12.1 Å². The van der Waals surface area contributed by atoms with Crippen molar-refractivity contribution >= 4 is 17.6 Å². The van der Waals surface area contributed by atoms with Crippen LogP contribution in [0, 0.1) is 11.6 Å². The summed E-state index contributed by atoms with van der Waals surface area (Å²) in [6.45, 7) is 1.86. The number of oxime groups is 1. The number of thioether (sulfide) groups is 1. The summed E-state index contributed by atoms with van der Waals surface area (Å²) >= 11 is 1.22. The zero-order valence-corrected chi connectivity index (χ0v) is 9.47. The molecule has 88 valence electrons. The van der Waals surface area contributed by atoms with Gasteiger partial charge in [0.2, 0.25) is 0 Å². The summed E-state index contributed by atoms with van der Waals surface area (Å²) in [5, 5.41) is 11.2. The van der Waals surface area contributed by atoms with Gasteiger partial charge in [0.1, 0.15) is 0 Å². The monoisotopic (exact) mass is 246 g/mol. The summed E-state index contributed by atoms with van der Waals surface area (Å²) in [4.78, 5) is 0.539. The van der Waals surface area contributed by atoms with Crippen molar-refractivity contribution in [2.24, 2.45) is 10.9 Å². The van der Waals surface area contributed by atoms with Crippen LogP contribution in [-0.2, 0) is 0 Å². The van der Waals surface area contributed by atoms with Gasteiger partial charge in [0.05, 0.1) is 5.25 Å². The van der Waals surface area contributed by atoms with Crippen molar-refractivity contribution in [3.63, 3.8) is 0 Å². The number of amidine groups is 1. The number of rotatable bonds is 4. The van der Waals surface area contributed by atoms with E-state index in [1.165, 1.54) is 17.8 Å². The van der Waals surface area contributed by atoms with Crippen LogP contribution in [0.25, 0.3) is 0 Å². The van der Waals surface area contributed by atoms with Gasteiger partial charge < -0.3 is 10.9 Å². The average molecular weight is 246 g/mol. The Kier molecular flexibility index (Phi) is 4.54. The van der Waals surface area contributed by atoms with Crippen LogP contribution in [0.15, 0.2) is 28.3 Å². The molecule has 0 amide bonds. The van der Waals surface area contributed by atoms with Crippen molar-refractivity contribution in [3.05, 3.63) is 29.8 Å². The minimum absolute atomic E-state index is 0.0669. The Morgan fingerprint density at radius 2 is 2.19 bits per heavy atom. The van der Waals surface area contributed by atoms with Crippen LogP contribution >= 0.6 is 11.8 Å². The second kappa shape index (κ2) is 5.69. The third kappa shape index (κ3) is 3.10. The highest BCUT2D eigenvalue weighted by Gasteiger charge is 2.14. The molecule has 0 saturated heterocycles. The van der Waals surface area contributed by atoms with E-state index in [4.69, 9.17) is 10.9 Å². The van der Waals surface area contributed by atoms with Crippen molar-refractivity contribution in [3.8, 4) is 0 Å². The van der Waals surface area contributed by atoms with Crippen molar-refractivity contribution < 1.29 is 14.0 Å². The Hall–Kier alpha value is -1.30. The maximum Gasteiger partial charge on any atom is 0.159 e. The number of hydrogen-bond donors (Lipinski definition) is 2. The van der Waals surface area contributed by atoms with Gasteiger partial charge in [-0.15, -0.1) is 11.8 Å². The molecule has 1 rings (SSSR count). The third-order valence-corrected chi connectivity index (χ3v) is 3.37. The summed E-state index contributed by atoms with van der Waals surface area (Å²) < 4.78 is 25.6.